The van der Waals surface area contributed by atoms with Gasteiger partial charge in [-0.2, -0.15) is 0 Å². The van der Waals surface area contributed by atoms with E-state index in [1.165, 1.54) is 17.7 Å². The van der Waals surface area contributed by atoms with Gasteiger partial charge in [0.2, 0.25) is 0 Å². The number of hydrogen-bond acceptors (Lipinski definition) is 4. The van der Waals surface area contributed by atoms with Gasteiger partial charge in [0.1, 0.15) is 11.6 Å². The van der Waals surface area contributed by atoms with Crippen molar-refractivity contribution >= 4 is 16.8 Å². The Bertz CT molecular complexity index is 1380. The lowest BCUT2D eigenvalue weighted by molar-refractivity contribution is 0.0830. The van der Waals surface area contributed by atoms with Crippen LogP contribution in [-0.2, 0) is 25.9 Å². The molecule has 0 aliphatic carbocycles. The molecule has 0 saturated heterocycles. The molecule has 0 spiro atoms. The summed E-state index contributed by atoms with van der Waals surface area (Å²) >= 11 is 0. The first-order valence-electron chi connectivity index (χ1n) is 13.3. The SMILES string of the molecule is CCc1cccc(CNC[C@@H](O)[C@H](Cc2cc(F)cc(F)c2)NC(=O)c2ccc3ccn(CCCO)c3c2)c1. The number of nitrogens with one attached hydrogen (secondary N) is 2. The summed E-state index contributed by atoms with van der Waals surface area (Å²) in [6.45, 7) is 3.47. The molecular formula is C31H35F2N3O3. The van der Waals surface area contributed by atoms with Crippen LogP contribution in [0.15, 0.2) is 72.9 Å². The molecule has 0 saturated carbocycles. The summed E-state index contributed by atoms with van der Waals surface area (Å²) in [6, 6.07) is 17.8. The van der Waals surface area contributed by atoms with E-state index in [0.717, 1.165) is 29.0 Å². The first kappa shape index (κ1) is 28.4. The number of nitrogens with zero attached hydrogens (tertiary/aromatic N) is 1. The van der Waals surface area contributed by atoms with E-state index in [-0.39, 0.29) is 19.6 Å². The average molecular weight is 536 g/mol. The maximum Gasteiger partial charge on any atom is 0.251 e. The van der Waals surface area contributed by atoms with E-state index in [4.69, 9.17) is 0 Å². The van der Waals surface area contributed by atoms with Gasteiger partial charge < -0.3 is 25.4 Å². The van der Waals surface area contributed by atoms with Gasteiger partial charge in [-0.15, -0.1) is 0 Å². The maximum absolute atomic E-state index is 13.9. The zero-order chi connectivity index (χ0) is 27.8. The molecule has 2 atom stereocenters. The van der Waals surface area contributed by atoms with E-state index in [9.17, 15) is 23.8 Å². The molecule has 0 aliphatic heterocycles. The highest BCUT2D eigenvalue weighted by Gasteiger charge is 2.23. The number of rotatable bonds is 13. The van der Waals surface area contributed by atoms with Gasteiger partial charge in [-0.3, -0.25) is 4.79 Å². The van der Waals surface area contributed by atoms with Crippen LogP contribution >= 0.6 is 0 Å². The van der Waals surface area contributed by atoms with Crippen LogP contribution in [0.25, 0.3) is 10.9 Å². The second-order valence-corrected chi connectivity index (χ2v) is 9.79. The summed E-state index contributed by atoms with van der Waals surface area (Å²) in [6.07, 6.45) is 2.45. The normalized spacial score (nSPS) is 12.9. The second-order valence-electron chi connectivity index (χ2n) is 9.79. The highest BCUT2D eigenvalue weighted by Crippen LogP contribution is 2.19. The molecule has 1 aromatic heterocycles. The third kappa shape index (κ3) is 7.72. The van der Waals surface area contributed by atoms with Gasteiger partial charge in [-0.05, 0) is 71.7 Å². The van der Waals surface area contributed by atoms with Gasteiger partial charge in [-0.1, -0.05) is 37.3 Å². The average Bonchev–Trinajstić information content (AvgIpc) is 3.33. The summed E-state index contributed by atoms with van der Waals surface area (Å²) < 4.78 is 29.7. The van der Waals surface area contributed by atoms with Gasteiger partial charge in [0.25, 0.3) is 5.91 Å². The van der Waals surface area contributed by atoms with Crippen LogP contribution in [0.5, 0.6) is 0 Å². The van der Waals surface area contributed by atoms with Crippen molar-refractivity contribution in [1.82, 2.24) is 15.2 Å². The van der Waals surface area contributed by atoms with Crippen LogP contribution in [-0.4, -0.2) is 46.0 Å². The molecule has 39 heavy (non-hydrogen) atoms. The number of benzene rings is 3. The molecule has 3 aromatic carbocycles. The Hall–Kier alpha value is -3.59. The number of amides is 1. The first-order chi connectivity index (χ1) is 18.9. The number of halogens is 2. The van der Waals surface area contributed by atoms with Crippen LogP contribution < -0.4 is 10.6 Å². The molecule has 0 radical (unpaired) electrons. The van der Waals surface area contributed by atoms with Crippen molar-refractivity contribution in [2.45, 2.75) is 51.4 Å². The zero-order valence-electron chi connectivity index (χ0n) is 22.0. The van der Waals surface area contributed by atoms with E-state index >= 15 is 0 Å². The fourth-order valence-electron chi connectivity index (χ4n) is 4.75. The van der Waals surface area contributed by atoms with Crippen molar-refractivity contribution in [3.8, 4) is 0 Å². The lowest BCUT2D eigenvalue weighted by atomic mass is 10.00. The molecule has 1 heterocycles. The summed E-state index contributed by atoms with van der Waals surface area (Å²) in [5, 5.41) is 27.3. The molecular weight excluding hydrogens is 500 g/mol. The Morgan fingerprint density at radius 3 is 2.49 bits per heavy atom. The Labute approximate surface area is 227 Å². The highest BCUT2D eigenvalue weighted by atomic mass is 19.1. The van der Waals surface area contributed by atoms with Gasteiger partial charge in [-0.25, -0.2) is 8.78 Å². The zero-order valence-corrected chi connectivity index (χ0v) is 22.0. The molecule has 0 aliphatic rings. The number of hydrogen-bond donors (Lipinski definition) is 4. The molecule has 8 heteroatoms. The van der Waals surface area contributed by atoms with E-state index in [1.807, 2.05) is 35.0 Å². The van der Waals surface area contributed by atoms with Gasteiger partial charge in [0, 0.05) is 49.6 Å². The molecule has 4 rings (SSSR count). The fourth-order valence-corrected chi connectivity index (χ4v) is 4.75. The minimum absolute atomic E-state index is 0.0453. The summed E-state index contributed by atoms with van der Waals surface area (Å²) in [5.41, 5.74) is 3.88. The topological polar surface area (TPSA) is 86.5 Å². The predicted molar refractivity (Wildman–Crippen MR) is 148 cm³/mol. The highest BCUT2D eigenvalue weighted by molar-refractivity contribution is 5.98. The van der Waals surface area contributed by atoms with Crippen LogP contribution in [0.2, 0.25) is 0 Å². The van der Waals surface area contributed by atoms with E-state index in [2.05, 4.69) is 29.7 Å². The summed E-state index contributed by atoms with van der Waals surface area (Å²) in [7, 11) is 0. The van der Waals surface area contributed by atoms with Crippen molar-refractivity contribution < 1.29 is 23.8 Å². The van der Waals surface area contributed by atoms with Crippen molar-refractivity contribution in [1.29, 1.82) is 0 Å². The Morgan fingerprint density at radius 2 is 1.74 bits per heavy atom. The number of carbonyl (C=O) groups excluding carboxylic acids is 1. The predicted octanol–water partition coefficient (Wildman–Crippen LogP) is 4.36. The van der Waals surface area contributed by atoms with Gasteiger partial charge in [0.05, 0.1) is 12.1 Å². The lowest BCUT2D eigenvalue weighted by Crippen LogP contribution is -2.48. The maximum atomic E-state index is 13.9. The molecule has 0 fully saturated rings. The first-order valence-corrected chi connectivity index (χ1v) is 13.3. The Morgan fingerprint density at radius 1 is 0.974 bits per heavy atom. The number of carbonyl (C=O) groups is 1. The largest absolute Gasteiger partial charge is 0.396 e. The number of fused-ring (bicyclic) bond motifs is 1. The quantitative estimate of drug-likeness (QED) is 0.205. The smallest absolute Gasteiger partial charge is 0.251 e. The van der Waals surface area contributed by atoms with Crippen LogP contribution in [0.1, 0.15) is 40.4 Å². The molecule has 1 amide bonds. The number of aryl methyl sites for hydroxylation is 2. The minimum Gasteiger partial charge on any atom is -0.396 e. The summed E-state index contributed by atoms with van der Waals surface area (Å²) in [5.74, 6) is -1.83. The molecule has 4 N–H and O–H groups in total. The van der Waals surface area contributed by atoms with Crippen LogP contribution in [0, 0.1) is 11.6 Å². The Kier molecular flexibility index (Phi) is 9.81. The van der Waals surface area contributed by atoms with Crippen molar-refractivity contribution in [2.24, 2.45) is 0 Å². The molecule has 206 valence electrons. The molecule has 4 aromatic rings. The fraction of sp³-hybridized carbons (Fsp3) is 0.323. The molecule has 0 unspecified atom stereocenters. The van der Waals surface area contributed by atoms with Crippen molar-refractivity contribution in [3.05, 3.63) is 107 Å². The second kappa shape index (κ2) is 13.5. The Balaban J connectivity index is 1.50. The third-order valence-electron chi connectivity index (χ3n) is 6.83. The van der Waals surface area contributed by atoms with Crippen LogP contribution in [0.3, 0.4) is 0 Å². The number of aliphatic hydroxyl groups is 2. The van der Waals surface area contributed by atoms with Gasteiger partial charge in [0.15, 0.2) is 0 Å². The van der Waals surface area contributed by atoms with Gasteiger partial charge >= 0.3 is 0 Å². The van der Waals surface area contributed by atoms with Crippen LogP contribution in [0.4, 0.5) is 8.78 Å². The summed E-state index contributed by atoms with van der Waals surface area (Å²) in [4.78, 5) is 13.3. The van der Waals surface area contributed by atoms with Crippen molar-refractivity contribution in [2.75, 3.05) is 13.2 Å². The van der Waals surface area contributed by atoms with E-state index in [1.54, 1.807) is 12.1 Å². The standard InChI is InChI=1S/C31H35F2N3O3/c1-2-21-5-3-6-22(13-21)19-34-20-30(38)28(16-23-14-26(32)18-27(33)15-23)35-31(39)25-8-7-24-9-11-36(10-4-12-37)29(24)17-25/h3,5-9,11,13-15,17-18,28,30,34,37-38H,2,4,10,12,16,19-20H2,1H3,(H,35,39)/t28-,30+/m0/s1. The molecule has 0 bridgehead atoms. The van der Waals surface area contributed by atoms with E-state index < -0.39 is 29.7 Å². The third-order valence-corrected chi connectivity index (χ3v) is 6.83. The van der Waals surface area contributed by atoms with E-state index in [0.29, 0.717) is 30.6 Å². The monoisotopic (exact) mass is 535 g/mol. The number of aliphatic hydroxyl groups excluding tert-OH is 2. The number of aromatic nitrogens is 1. The minimum atomic E-state index is -1.02. The van der Waals surface area contributed by atoms with Crippen molar-refractivity contribution in [3.63, 3.8) is 0 Å². The molecule has 6 nitrogen and oxygen atoms in total. The lowest BCUT2D eigenvalue weighted by Gasteiger charge is -2.25.